The van der Waals surface area contributed by atoms with Crippen LogP contribution < -0.4 is 5.73 Å². The highest BCUT2D eigenvalue weighted by atomic mass is 35.5. The number of amides is 5. The number of benzene rings is 1. The van der Waals surface area contributed by atoms with Gasteiger partial charge in [-0.25, -0.2) is 4.79 Å². The normalized spacial score (nSPS) is 17.9. The summed E-state index contributed by atoms with van der Waals surface area (Å²) in [6.45, 7) is 0. The van der Waals surface area contributed by atoms with E-state index in [1.165, 1.54) is 18.2 Å². The van der Waals surface area contributed by atoms with Crippen LogP contribution in [-0.4, -0.2) is 47.6 Å². The molecule has 0 bridgehead atoms. The highest BCUT2D eigenvalue weighted by molar-refractivity contribution is 6.39. The molecule has 5 amide bonds. The Morgan fingerprint density at radius 2 is 1.59 bits per heavy atom. The first-order valence-electron chi connectivity index (χ1n) is 6.01. The minimum atomic E-state index is -2.40. The first-order chi connectivity index (χ1) is 10.2. The smallest absolute Gasteiger partial charge is 0.332 e. The first-order valence-corrected chi connectivity index (χ1v) is 6.77. The van der Waals surface area contributed by atoms with Crippen molar-refractivity contribution in [3.63, 3.8) is 0 Å². The molecule has 7 nitrogen and oxygen atoms in total. The zero-order chi connectivity index (χ0) is 16.8. The number of primary amides is 1. The third kappa shape index (κ3) is 1.97. The predicted molar refractivity (Wildman–Crippen MR) is 78.3 cm³/mol. The van der Waals surface area contributed by atoms with Crippen LogP contribution in [0.2, 0.25) is 10.0 Å². The molecule has 0 unspecified atom stereocenters. The first kappa shape index (κ1) is 16.3. The second-order valence-electron chi connectivity index (χ2n) is 4.75. The Labute approximate surface area is 135 Å². The van der Waals surface area contributed by atoms with Crippen molar-refractivity contribution in [1.29, 1.82) is 0 Å². The van der Waals surface area contributed by atoms with Gasteiger partial charge in [0.2, 0.25) is 11.3 Å². The maximum Gasteiger partial charge on any atom is 0.332 e. The van der Waals surface area contributed by atoms with E-state index in [0.29, 0.717) is 9.80 Å². The molecule has 116 valence electrons. The standard InChI is InChI=1S/C13H11Cl2N3O4/c1-17-10(20)13(9(16)19,11(21)18(2)12(17)22)7-4-3-6(14)5-8(7)15/h3-5H,1-2H3,(H2,16,19). The average Bonchev–Trinajstić information content (AvgIpc) is 2.45. The number of imide groups is 2. The minimum absolute atomic E-state index is 0.0795. The molecule has 0 saturated carbocycles. The lowest BCUT2D eigenvalue weighted by Gasteiger charge is -2.40. The third-order valence-electron chi connectivity index (χ3n) is 3.53. The van der Waals surface area contributed by atoms with E-state index in [1.807, 2.05) is 0 Å². The van der Waals surface area contributed by atoms with Crippen LogP contribution in [-0.2, 0) is 19.8 Å². The van der Waals surface area contributed by atoms with Gasteiger partial charge in [0.15, 0.2) is 0 Å². The van der Waals surface area contributed by atoms with Gasteiger partial charge in [0.05, 0.1) is 0 Å². The number of barbiturate groups is 1. The lowest BCUT2D eigenvalue weighted by molar-refractivity contribution is -0.154. The van der Waals surface area contributed by atoms with E-state index in [9.17, 15) is 19.2 Å². The fourth-order valence-corrected chi connectivity index (χ4v) is 2.91. The summed E-state index contributed by atoms with van der Waals surface area (Å²) < 4.78 is 0. The van der Waals surface area contributed by atoms with Gasteiger partial charge >= 0.3 is 6.03 Å². The summed E-state index contributed by atoms with van der Waals surface area (Å²) in [5, 5.41) is 0.172. The molecule has 0 radical (unpaired) electrons. The van der Waals surface area contributed by atoms with Gasteiger partial charge in [0.1, 0.15) is 0 Å². The van der Waals surface area contributed by atoms with Crippen LogP contribution in [0, 0.1) is 0 Å². The Balaban J connectivity index is 2.82. The van der Waals surface area contributed by atoms with Gasteiger partial charge < -0.3 is 5.73 Å². The number of likely N-dealkylation sites (N-methyl/N-ethyl adjacent to an activating group) is 2. The van der Waals surface area contributed by atoms with Crippen molar-refractivity contribution in [3.05, 3.63) is 33.8 Å². The van der Waals surface area contributed by atoms with Crippen molar-refractivity contribution in [2.24, 2.45) is 5.73 Å². The molecule has 0 aromatic heterocycles. The van der Waals surface area contributed by atoms with Crippen LogP contribution in [0.4, 0.5) is 4.79 Å². The van der Waals surface area contributed by atoms with Gasteiger partial charge in [-0.2, -0.15) is 0 Å². The fourth-order valence-electron chi connectivity index (χ4n) is 2.36. The topological polar surface area (TPSA) is 101 Å². The maximum atomic E-state index is 12.6. The summed E-state index contributed by atoms with van der Waals surface area (Å²) in [6.07, 6.45) is 0. The van der Waals surface area contributed by atoms with Crippen molar-refractivity contribution in [3.8, 4) is 0 Å². The quantitative estimate of drug-likeness (QED) is 0.801. The molecule has 22 heavy (non-hydrogen) atoms. The van der Waals surface area contributed by atoms with Crippen LogP contribution >= 0.6 is 23.2 Å². The molecular weight excluding hydrogens is 333 g/mol. The molecule has 1 aromatic carbocycles. The number of nitrogens with two attached hydrogens (primary N) is 1. The molecule has 1 heterocycles. The number of nitrogens with zero attached hydrogens (tertiary/aromatic N) is 2. The molecule has 2 N–H and O–H groups in total. The highest BCUT2D eigenvalue weighted by Crippen LogP contribution is 2.37. The van der Waals surface area contributed by atoms with E-state index in [-0.39, 0.29) is 15.6 Å². The molecule has 2 rings (SSSR count). The molecule has 1 fully saturated rings. The zero-order valence-electron chi connectivity index (χ0n) is 11.6. The number of hydrogen-bond donors (Lipinski definition) is 1. The van der Waals surface area contributed by atoms with Gasteiger partial charge in [0.25, 0.3) is 11.8 Å². The summed E-state index contributed by atoms with van der Waals surface area (Å²) in [4.78, 5) is 50.3. The second-order valence-corrected chi connectivity index (χ2v) is 5.59. The molecule has 9 heteroatoms. The van der Waals surface area contributed by atoms with Gasteiger partial charge in [-0.1, -0.05) is 29.3 Å². The van der Waals surface area contributed by atoms with Crippen LogP contribution in [0.25, 0.3) is 0 Å². The minimum Gasteiger partial charge on any atom is -0.368 e. The number of carbonyl (C=O) groups is 4. The molecule has 0 spiro atoms. The highest BCUT2D eigenvalue weighted by Gasteiger charge is 2.61. The lowest BCUT2D eigenvalue weighted by atomic mass is 9.75. The monoisotopic (exact) mass is 343 g/mol. The van der Waals surface area contributed by atoms with Gasteiger partial charge in [-0.3, -0.25) is 24.2 Å². The van der Waals surface area contributed by atoms with Crippen molar-refractivity contribution < 1.29 is 19.2 Å². The Hall–Kier alpha value is -2.12. The van der Waals surface area contributed by atoms with Crippen molar-refractivity contribution in [2.75, 3.05) is 14.1 Å². The fraction of sp³-hybridized carbons (Fsp3) is 0.231. The summed E-state index contributed by atoms with van der Waals surface area (Å²) >= 11 is 11.8. The Bertz CT molecular complexity index is 695. The Morgan fingerprint density at radius 1 is 1.09 bits per heavy atom. The maximum absolute atomic E-state index is 12.6. The van der Waals surface area contributed by atoms with E-state index in [4.69, 9.17) is 28.9 Å². The van der Waals surface area contributed by atoms with Gasteiger partial charge in [-0.05, 0) is 12.1 Å². The van der Waals surface area contributed by atoms with E-state index in [2.05, 4.69) is 0 Å². The van der Waals surface area contributed by atoms with E-state index >= 15 is 0 Å². The molecule has 0 atom stereocenters. The Kier molecular flexibility index (Phi) is 3.88. The number of hydrogen-bond acceptors (Lipinski definition) is 4. The van der Waals surface area contributed by atoms with Crippen LogP contribution in [0.3, 0.4) is 0 Å². The lowest BCUT2D eigenvalue weighted by Crippen LogP contribution is -2.69. The van der Waals surface area contributed by atoms with Gasteiger partial charge in [-0.15, -0.1) is 0 Å². The third-order valence-corrected chi connectivity index (χ3v) is 4.08. The zero-order valence-corrected chi connectivity index (χ0v) is 13.1. The van der Waals surface area contributed by atoms with Crippen LogP contribution in [0.15, 0.2) is 18.2 Å². The molecule has 1 aliphatic rings. The predicted octanol–water partition coefficient (Wildman–Crippen LogP) is 0.767. The van der Waals surface area contributed by atoms with E-state index < -0.39 is 29.2 Å². The van der Waals surface area contributed by atoms with Crippen LogP contribution in [0.1, 0.15) is 5.56 Å². The summed E-state index contributed by atoms with van der Waals surface area (Å²) in [5.41, 5.74) is 2.83. The van der Waals surface area contributed by atoms with Crippen molar-refractivity contribution in [2.45, 2.75) is 5.41 Å². The SMILES string of the molecule is CN1C(=O)N(C)C(=O)C(C(N)=O)(c2ccc(Cl)cc2Cl)C1=O. The van der Waals surface area contributed by atoms with Crippen molar-refractivity contribution in [1.82, 2.24) is 9.80 Å². The largest absolute Gasteiger partial charge is 0.368 e. The summed E-state index contributed by atoms with van der Waals surface area (Å²) in [7, 11) is 2.30. The number of rotatable bonds is 2. The second kappa shape index (κ2) is 5.26. The van der Waals surface area contributed by atoms with E-state index in [0.717, 1.165) is 14.1 Å². The average molecular weight is 344 g/mol. The molecule has 0 aliphatic carbocycles. The molecule has 1 aromatic rings. The molecule has 1 saturated heterocycles. The number of urea groups is 1. The molecular formula is C13H11Cl2N3O4. The number of carbonyl (C=O) groups excluding carboxylic acids is 4. The summed E-state index contributed by atoms with van der Waals surface area (Å²) in [5.74, 6) is -3.34. The number of halogens is 2. The van der Waals surface area contributed by atoms with E-state index in [1.54, 1.807) is 0 Å². The molecule has 1 aliphatic heterocycles. The Morgan fingerprint density at radius 3 is 2.00 bits per heavy atom. The summed E-state index contributed by atoms with van der Waals surface area (Å²) in [6, 6.07) is 3.05. The van der Waals surface area contributed by atoms with Crippen LogP contribution in [0.5, 0.6) is 0 Å². The van der Waals surface area contributed by atoms with Gasteiger partial charge in [0, 0.05) is 29.7 Å². The van der Waals surface area contributed by atoms with Crippen molar-refractivity contribution >= 4 is 47.0 Å².